The molecule has 0 aliphatic carbocycles. The van der Waals surface area contributed by atoms with E-state index in [1.165, 1.54) is 173 Å². The average molecular weight is 821 g/mol. The molecule has 0 aromatic carbocycles. The van der Waals surface area contributed by atoms with Crippen molar-refractivity contribution >= 4 is 17.9 Å². The summed E-state index contributed by atoms with van der Waals surface area (Å²) in [6, 6.07) is 0. The third-order valence-corrected chi connectivity index (χ3v) is 12.4. The van der Waals surface area contributed by atoms with Gasteiger partial charge in [-0.05, 0) is 31.1 Å². The van der Waals surface area contributed by atoms with Crippen LogP contribution in [0.5, 0.6) is 0 Å². The fraction of sp³-hybridized carbons (Fsp3) is 0.942. The summed E-state index contributed by atoms with van der Waals surface area (Å²) < 4.78 is 16.8. The Hall–Kier alpha value is -1.59. The van der Waals surface area contributed by atoms with Crippen LogP contribution in [0.25, 0.3) is 0 Å². The monoisotopic (exact) mass is 821 g/mol. The zero-order valence-electron chi connectivity index (χ0n) is 39.7. The van der Waals surface area contributed by atoms with Gasteiger partial charge in [-0.25, -0.2) is 0 Å². The van der Waals surface area contributed by atoms with Crippen molar-refractivity contribution in [3.8, 4) is 0 Å². The SMILES string of the molecule is CCCCCCCCCCCCCCCCCCC(=O)O[C@H](COC(=O)CCCCCCCCCCCCC(C)CC)COC(=O)CCCCCCCCC(C)CC. The maximum Gasteiger partial charge on any atom is 0.306 e. The van der Waals surface area contributed by atoms with Gasteiger partial charge in [-0.3, -0.25) is 14.4 Å². The highest BCUT2D eigenvalue weighted by atomic mass is 16.6. The van der Waals surface area contributed by atoms with Gasteiger partial charge in [-0.1, -0.05) is 247 Å². The van der Waals surface area contributed by atoms with Crippen LogP contribution in [-0.2, 0) is 28.6 Å². The van der Waals surface area contributed by atoms with Gasteiger partial charge in [0.05, 0.1) is 0 Å². The minimum atomic E-state index is -0.762. The van der Waals surface area contributed by atoms with Crippen LogP contribution >= 0.6 is 0 Å². The molecule has 0 aromatic rings. The molecule has 0 rings (SSSR count). The average Bonchev–Trinajstić information content (AvgIpc) is 3.22. The summed E-state index contributed by atoms with van der Waals surface area (Å²) in [4.78, 5) is 37.9. The van der Waals surface area contributed by atoms with Crippen molar-refractivity contribution in [1.82, 2.24) is 0 Å². The second-order valence-electron chi connectivity index (χ2n) is 18.3. The Balaban J connectivity index is 4.31. The van der Waals surface area contributed by atoms with E-state index in [2.05, 4.69) is 34.6 Å². The Bertz CT molecular complexity index is 889. The summed E-state index contributed by atoms with van der Waals surface area (Å²) >= 11 is 0. The molecule has 0 bridgehead atoms. The van der Waals surface area contributed by atoms with E-state index in [-0.39, 0.29) is 31.1 Å². The Labute approximate surface area is 361 Å². The Morgan fingerprint density at radius 2 is 0.603 bits per heavy atom. The predicted octanol–water partition coefficient (Wildman–Crippen LogP) is 16.5. The molecule has 344 valence electrons. The van der Waals surface area contributed by atoms with E-state index in [0.717, 1.165) is 69.6 Å². The first-order chi connectivity index (χ1) is 28.3. The lowest BCUT2D eigenvalue weighted by Crippen LogP contribution is -2.30. The molecule has 58 heavy (non-hydrogen) atoms. The number of esters is 3. The summed E-state index contributed by atoms with van der Waals surface area (Å²) in [5.74, 6) is 0.832. The summed E-state index contributed by atoms with van der Waals surface area (Å²) in [5, 5.41) is 0. The number of carbonyl (C=O) groups is 3. The molecule has 0 saturated heterocycles. The number of hydrogen-bond acceptors (Lipinski definition) is 6. The van der Waals surface area contributed by atoms with Gasteiger partial charge in [-0.15, -0.1) is 0 Å². The first-order valence-electron chi connectivity index (χ1n) is 25.8. The van der Waals surface area contributed by atoms with Crippen LogP contribution < -0.4 is 0 Å². The molecule has 0 aliphatic rings. The molecule has 0 saturated carbocycles. The highest BCUT2D eigenvalue weighted by molar-refractivity contribution is 5.71. The molecule has 0 heterocycles. The van der Waals surface area contributed by atoms with E-state index in [0.29, 0.717) is 19.3 Å². The highest BCUT2D eigenvalue weighted by Gasteiger charge is 2.19. The van der Waals surface area contributed by atoms with Crippen molar-refractivity contribution in [2.75, 3.05) is 13.2 Å². The van der Waals surface area contributed by atoms with Crippen molar-refractivity contribution in [2.45, 2.75) is 291 Å². The molecule has 2 unspecified atom stereocenters. The maximum atomic E-state index is 12.8. The van der Waals surface area contributed by atoms with Crippen LogP contribution in [0.15, 0.2) is 0 Å². The lowest BCUT2D eigenvalue weighted by molar-refractivity contribution is -0.167. The van der Waals surface area contributed by atoms with Gasteiger partial charge in [0.2, 0.25) is 0 Å². The molecule has 3 atom stereocenters. The Morgan fingerprint density at radius 1 is 0.345 bits per heavy atom. The molecular formula is C52H100O6. The first-order valence-corrected chi connectivity index (χ1v) is 25.8. The zero-order valence-corrected chi connectivity index (χ0v) is 39.7. The zero-order chi connectivity index (χ0) is 42.6. The molecule has 0 N–H and O–H groups in total. The van der Waals surface area contributed by atoms with Crippen molar-refractivity contribution < 1.29 is 28.6 Å². The van der Waals surface area contributed by atoms with E-state index in [1.54, 1.807) is 0 Å². The molecule has 0 aromatic heterocycles. The summed E-state index contributed by atoms with van der Waals surface area (Å²) in [6.45, 7) is 11.4. The van der Waals surface area contributed by atoms with Crippen LogP contribution in [0, 0.1) is 11.8 Å². The van der Waals surface area contributed by atoms with Gasteiger partial charge in [-0.2, -0.15) is 0 Å². The van der Waals surface area contributed by atoms with Crippen LogP contribution in [0.3, 0.4) is 0 Å². The second-order valence-corrected chi connectivity index (χ2v) is 18.3. The molecular weight excluding hydrogens is 721 g/mol. The highest BCUT2D eigenvalue weighted by Crippen LogP contribution is 2.18. The first kappa shape index (κ1) is 56.4. The number of hydrogen-bond donors (Lipinski definition) is 0. The van der Waals surface area contributed by atoms with Crippen molar-refractivity contribution in [2.24, 2.45) is 11.8 Å². The van der Waals surface area contributed by atoms with Crippen molar-refractivity contribution in [3.05, 3.63) is 0 Å². The predicted molar refractivity (Wildman–Crippen MR) is 247 cm³/mol. The van der Waals surface area contributed by atoms with Gasteiger partial charge in [0.1, 0.15) is 13.2 Å². The summed E-state index contributed by atoms with van der Waals surface area (Å²) in [5.41, 5.74) is 0. The van der Waals surface area contributed by atoms with E-state index >= 15 is 0 Å². The largest absolute Gasteiger partial charge is 0.462 e. The summed E-state index contributed by atoms with van der Waals surface area (Å²) in [6.07, 6.45) is 45.1. The molecule has 0 spiro atoms. The topological polar surface area (TPSA) is 78.9 Å². The third kappa shape index (κ3) is 42.5. The standard InChI is InChI=1S/C52H100O6/c1-6-9-10-11-12-13-14-15-16-17-18-19-24-27-34-39-44-52(55)58-49(46-57-51(54)43-38-33-29-28-31-36-41-48(5)8-3)45-56-50(53)42-37-32-26-23-21-20-22-25-30-35-40-47(4)7-2/h47-49H,6-46H2,1-5H3/t47?,48?,49-/m1/s1. The number of unbranched alkanes of at least 4 members (excludes halogenated alkanes) is 29. The maximum absolute atomic E-state index is 12.8. The molecule has 0 fully saturated rings. The quantitative estimate of drug-likeness (QED) is 0.0346. The van der Waals surface area contributed by atoms with E-state index in [1.807, 2.05) is 0 Å². The minimum Gasteiger partial charge on any atom is -0.462 e. The minimum absolute atomic E-state index is 0.0647. The van der Waals surface area contributed by atoms with Gasteiger partial charge < -0.3 is 14.2 Å². The van der Waals surface area contributed by atoms with Crippen molar-refractivity contribution in [3.63, 3.8) is 0 Å². The Morgan fingerprint density at radius 3 is 0.897 bits per heavy atom. The van der Waals surface area contributed by atoms with Crippen LogP contribution in [0.4, 0.5) is 0 Å². The van der Waals surface area contributed by atoms with E-state index in [9.17, 15) is 14.4 Å². The number of ether oxygens (including phenoxy) is 3. The van der Waals surface area contributed by atoms with Crippen LogP contribution in [-0.4, -0.2) is 37.2 Å². The van der Waals surface area contributed by atoms with Crippen LogP contribution in [0.1, 0.15) is 285 Å². The molecule has 6 heteroatoms. The van der Waals surface area contributed by atoms with Gasteiger partial charge >= 0.3 is 17.9 Å². The molecule has 6 nitrogen and oxygen atoms in total. The van der Waals surface area contributed by atoms with E-state index < -0.39 is 6.10 Å². The second kappa shape index (κ2) is 44.9. The lowest BCUT2D eigenvalue weighted by atomic mass is 9.99. The fourth-order valence-electron chi connectivity index (χ4n) is 7.75. The molecule has 0 aliphatic heterocycles. The molecule has 0 amide bonds. The number of rotatable bonds is 46. The Kier molecular flexibility index (Phi) is 43.7. The lowest BCUT2D eigenvalue weighted by Gasteiger charge is -2.18. The molecule has 0 radical (unpaired) electrons. The van der Waals surface area contributed by atoms with Crippen molar-refractivity contribution in [1.29, 1.82) is 0 Å². The van der Waals surface area contributed by atoms with Gasteiger partial charge in [0.25, 0.3) is 0 Å². The fourth-order valence-corrected chi connectivity index (χ4v) is 7.75. The van der Waals surface area contributed by atoms with Crippen LogP contribution in [0.2, 0.25) is 0 Å². The third-order valence-electron chi connectivity index (χ3n) is 12.4. The van der Waals surface area contributed by atoms with E-state index in [4.69, 9.17) is 14.2 Å². The normalized spacial score (nSPS) is 13.0. The number of carbonyl (C=O) groups excluding carboxylic acids is 3. The smallest absolute Gasteiger partial charge is 0.306 e. The van der Waals surface area contributed by atoms with Gasteiger partial charge in [0, 0.05) is 19.3 Å². The summed E-state index contributed by atoms with van der Waals surface area (Å²) in [7, 11) is 0. The van der Waals surface area contributed by atoms with Gasteiger partial charge in [0.15, 0.2) is 6.10 Å².